The Kier molecular flexibility index (Phi) is 4.28. The van der Waals surface area contributed by atoms with Crippen LogP contribution in [0.5, 0.6) is 0 Å². The largest absolute Gasteiger partial charge is 0.384 e. The molecule has 16 heavy (non-hydrogen) atoms. The van der Waals surface area contributed by atoms with Crippen molar-refractivity contribution in [1.29, 1.82) is 0 Å². The summed E-state index contributed by atoms with van der Waals surface area (Å²) in [5, 5.41) is 8.67. The number of benzene rings is 1. The predicted molar refractivity (Wildman–Crippen MR) is 67.8 cm³/mol. The molecule has 0 bridgehead atoms. The van der Waals surface area contributed by atoms with Gasteiger partial charge in [0.1, 0.15) is 6.61 Å². The minimum atomic E-state index is -0.120. The molecule has 0 unspecified atom stereocenters. The van der Waals surface area contributed by atoms with Gasteiger partial charge < -0.3 is 5.11 Å². The van der Waals surface area contributed by atoms with Crippen molar-refractivity contribution in [2.45, 2.75) is 26.3 Å². The second kappa shape index (κ2) is 5.48. The van der Waals surface area contributed by atoms with Crippen LogP contribution in [0.25, 0.3) is 0 Å². The fourth-order valence-corrected chi connectivity index (χ4v) is 1.12. The summed E-state index contributed by atoms with van der Waals surface area (Å²) < 4.78 is 0. The monoisotopic (exact) mass is 215 g/mol. The number of aliphatic hydroxyl groups is 1. The Labute approximate surface area is 97.0 Å². The third-order valence-corrected chi connectivity index (χ3v) is 1.85. The van der Waals surface area contributed by atoms with E-state index in [2.05, 4.69) is 16.8 Å². The van der Waals surface area contributed by atoms with Crippen molar-refractivity contribution in [3.8, 4) is 11.8 Å². The van der Waals surface area contributed by atoms with Crippen LogP contribution in [0.1, 0.15) is 31.9 Å². The number of hydrogen-bond donors (Lipinski definition) is 1. The third kappa shape index (κ3) is 4.29. The number of aliphatic hydroxyl groups excluding tert-OH is 1. The van der Waals surface area contributed by atoms with Crippen molar-refractivity contribution in [1.82, 2.24) is 0 Å². The second-order valence-corrected chi connectivity index (χ2v) is 4.48. The molecular weight excluding hydrogens is 198 g/mol. The molecule has 0 saturated carbocycles. The van der Waals surface area contributed by atoms with Crippen LogP contribution in [0.2, 0.25) is 0 Å². The van der Waals surface area contributed by atoms with Crippen molar-refractivity contribution in [2.75, 3.05) is 6.61 Å². The molecule has 0 radical (unpaired) electrons. The van der Waals surface area contributed by atoms with Crippen LogP contribution in [-0.4, -0.2) is 23.5 Å². The Balaban J connectivity index is 3.00. The van der Waals surface area contributed by atoms with Crippen LogP contribution < -0.4 is 0 Å². The van der Waals surface area contributed by atoms with Crippen LogP contribution in [0, 0.1) is 11.8 Å². The van der Waals surface area contributed by atoms with Gasteiger partial charge in [0, 0.05) is 17.3 Å². The summed E-state index contributed by atoms with van der Waals surface area (Å²) in [5.41, 5.74) is 1.79. The van der Waals surface area contributed by atoms with E-state index in [1.807, 2.05) is 51.3 Å². The lowest BCUT2D eigenvalue weighted by molar-refractivity contribution is 0.350. The summed E-state index contributed by atoms with van der Waals surface area (Å²) in [4.78, 5) is 4.44. The highest BCUT2D eigenvalue weighted by Gasteiger charge is 2.05. The molecule has 0 aliphatic rings. The molecule has 0 aliphatic heterocycles. The topological polar surface area (TPSA) is 32.6 Å². The van der Waals surface area contributed by atoms with E-state index in [1.165, 1.54) is 0 Å². The lowest BCUT2D eigenvalue weighted by atomic mass is 10.1. The van der Waals surface area contributed by atoms with Crippen molar-refractivity contribution in [2.24, 2.45) is 4.99 Å². The second-order valence-electron chi connectivity index (χ2n) is 4.48. The van der Waals surface area contributed by atoms with E-state index in [9.17, 15) is 0 Å². The number of rotatable bonds is 1. The van der Waals surface area contributed by atoms with Crippen molar-refractivity contribution in [3.63, 3.8) is 0 Å². The number of aliphatic imine (C=N–C) groups is 1. The molecular formula is C14H17NO. The fraction of sp³-hybridized carbons (Fsp3) is 0.357. The lowest BCUT2D eigenvalue weighted by Gasteiger charge is -2.11. The van der Waals surface area contributed by atoms with Gasteiger partial charge in [-0.2, -0.15) is 0 Å². The first-order valence-corrected chi connectivity index (χ1v) is 5.27. The van der Waals surface area contributed by atoms with E-state index in [4.69, 9.17) is 5.11 Å². The van der Waals surface area contributed by atoms with Crippen molar-refractivity contribution < 1.29 is 5.11 Å². The van der Waals surface area contributed by atoms with Crippen LogP contribution in [0.3, 0.4) is 0 Å². The zero-order valence-electron chi connectivity index (χ0n) is 9.99. The highest BCUT2D eigenvalue weighted by Crippen LogP contribution is 2.09. The van der Waals surface area contributed by atoms with Gasteiger partial charge in [0.25, 0.3) is 0 Å². The Morgan fingerprint density at radius 2 is 2.00 bits per heavy atom. The fourth-order valence-electron chi connectivity index (χ4n) is 1.12. The summed E-state index contributed by atoms with van der Waals surface area (Å²) in [6.45, 7) is 6.02. The van der Waals surface area contributed by atoms with Gasteiger partial charge in [-0.1, -0.05) is 30.0 Å². The minimum Gasteiger partial charge on any atom is -0.384 e. The van der Waals surface area contributed by atoms with Crippen molar-refractivity contribution in [3.05, 3.63) is 35.4 Å². The molecule has 1 aromatic carbocycles. The SMILES string of the molecule is CC(C)(C)N=Cc1ccccc1C#CCO. The molecule has 2 heteroatoms. The average Bonchev–Trinajstić information content (AvgIpc) is 2.23. The number of nitrogens with zero attached hydrogens (tertiary/aromatic N) is 1. The smallest absolute Gasteiger partial charge is 0.104 e. The summed E-state index contributed by atoms with van der Waals surface area (Å²) in [6, 6.07) is 7.77. The first-order chi connectivity index (χ1) is 7.53. The first-order valence-electron chi connectivity index (χ1n) is 5.27. The summed E-state index contributed by atoms with van der Waals surface area (Å²) in [5.74, 6) is 5.55. The summed E-state index contributed by atoms with van der Waals surface area (Å²) >= 11 is 0. The molecule has 0 aliphatic carbocycles. The maximum atomic E-state index is 8.67. The van der Waals surface area contributed by atoms with E-state index >= 15 is 0 Å². The Bertz CT molecular complexity index is 430. The van der Waals surface area contributed by atoms with Crippen LogP contribution in [0.4, 0.5) is 0 Å². The minimum absolute atomic E-state index is 0.0858. The molecule has 0 spiro atoms. The van der Waals surface area contributed by atoms with E-state index in [1.54, 1.807) is 0 Å². The molecule has 84 valence electrons. The van der Waals surface area contributed by atoms with Crippen molar-refractivity contribution >= 4 is 6.21 Å². The van der Waals surface area contributed by atoms with E-state index in [-0.39, 0.29) is 12.1 Å². The van der Waals surface area contributed by atoms with Gasteiger partial charge in [0.05, 0.1) is 5.54 Å². The molecule has 0 saturated heterocycles. The standard InChI is InChI=1S/C14H17NO/c1-14(2,3)15-11-13-8-5-4-7-12(13)9-6-10-16/h4-5,7-8,11,16H,10H2,1-3H3. The van der Waals surface area contributed by atoms with E-state index in [0.29, 0.717) is 0 Å². The molecule has 1 N–H and O–H groups in total. The molecule has 0 fully saturated rings. The van der Waals surface area contributed by atoms with E-state index in [0.717, 1.165) is 11.1 Å². The normalized spacial score (nSPS) is 11.2. The quantitative estimate of drug-likeness (QED) is 0.565. The molecule has 0 heterocycles. The lowest BCUT2D eigenvalue weighted by Crippen LogP contribution is -2.09. The van der Waals surface area contributed by atoms with Gasteiger partial charge in [0.2, 0.25) is 0 Å². The highest BCUT2D eigenvalue weighted by molar-refractivity contribution is 5.83. The predicted octanol–water partition coefficient (Wildman–Crippen LogP) is 2.25. The first kappa shape index (κ1) is 12.5. The van der Waals surface area contributed by atoms with Crippen LogP contribution >= 0.6 is 0 Å². The molecule has 1 aromatic rings. The van der Waals surface area contributed by atoms with Gasteiger partial charge in [-0.15, -0.1) is 0 Å². The number of hydrogen-bond acceptors (Lipinski definition) is 2. The molecule has 0 amide bonds. The summed E-state index contributed by atoms with van der Waals surface area (Å²) in [6.07, 6.45) is 1.83. The third-order valence-electron chi connectivity index (χ3n) is 1.85. The Morgan fingerprint density at radius 3 is 2.62 bits per heavy atom. The zero-order valence-corrected chi connectivity index (χ0v) is 9.99. The van der Waals surface area contributed by atoms with Gasteiger partial charge in [0.15, 0.2) is 0 Å². The maximum Gasteiger partial charge on any atom is 0.104 e. The maximum absolute atomic E-state index is 8.67. The van der Waals surface area contributed by atoms with Gasteiger partial charge in [-0.3, -0.25) is 4.99 Å². The highest BCUT2D eigenvalue weighted by atomic mass is 16.2. The van der Waals surface area contributed by atoms with Gasteiger partial charge in [-0.05, 0) is 26.8 Å². The van der Waals surface area contributed by atoms with E-state index < -0.39 is 0 Å². The molecule has 2 nitrogen and oxygen atoms in total. The Morgan fingerprint density at radius 1 is 1.31 bits per heavy atom. The molecule has 0 aromatic heterocycles. The molecule has 0 atom stereocenters. The van der Waals surface area contributed by atoms with Crippen LogP contribution in [-0.2, 0) is 0 Å². The zero-order chi connectivity index (χ0) is 12.0. The molecule has 1 rings (SSSR count). The van der Waals surface area contributed by atoms with Crippen LogP contribution in [0.15, 0.2) is 29.3 Å². The average molecular weight is 215 g/mol. The Hall–Kier alpha value is -1.59. The van der Waals surface area contributed by atoms with Gasteiger partial charge in [-0.25, -0.2) is 0 Å². The summed E-state index contributed by atoms with van der Waals surface area (Å²) in [7, 11) is 0. The van der Waals surface area contributed by atoms with Gasteiger partial charge >= 0.3 is 0 Å².